The van der Waals surface area contributed by atoms with E-state index in [4.69, 9.17) is 4.84 Å². The Morgan fingerprint density at radius 2 is 2.18 bits per heavy atom. The lowest BCUT2D eigenvalue weighted by Crippen LogP contribution is -2.23. The van der Waals surface area contributed by atoms with Crippen molar-refractivity contribution in [2.24, 2.45) is 5.92 Å². The van der Waals surface area contributed by atoms with E-state index in [0.29, 0.717) is 18.9 Å². The smallest absolute Gasteiger partial charge is 0.243 e. The Morgan fingerprint density at radius 3 is 2.64 bits per heavy atom. The highest BCUT2D eigenvalue weighted by Gasteiger charge is 2.01. The van der Waals surface area contributed by atoms with Crippen LogP contribution in [0, 0.1) is 5.92 Å². The molecule has 0 aromatic carbocycles. The van der Waals surface area contributed by atoms with Gasteiger partial charge in [-0.05, 0) is 19.3 Å². The van der Waals surface area contributed by atoms with E-state index in [-0.39, 0.29) is 5.91 Å². The van der Waals surface area contributed by atoms with E-state index in [1.807, 2.05) is 6.92 Å². The minimum absolute atomic E-state index is 0.0273. The van der Waals surface area contributed by atoms with Crippen LogP contribution in [0.25, 0.3) is 0 Å². The van der Waals surface area contributed by atoms with Gasteiger partial charge >= 0.3 is 0 Å². The topological polar surface area (TPSA) is 38.3 Å². The minimum atomic E-state index is -0.0273. The number of carbonyl (C=O) groups is 1. The highest BCUT2D eigenvalue weighted by molar-refractivity contribution is 5.74. The molecule has 1 amide bonds. The Morgan fingerprint density at radius 1 is 1.55 bits per heavy atom. The summed E-state index contributed by atoms with van der Waals surface area (Å²) in [5, 5.41) is 0. The number of hydrogen-bond donors (Lipinski definition) is 1. The van der Waals surface area contributed by atoms with E-state index in [1.54, 1.807) is 0 Å². The zero-order valence-corrected chi connectivity index (χ0v) is 7.52. The highest BCUT2D eigenvalue weighted by atomic mass is 16.6. The lowest BCUT2D eigenvalue weighted by Gasteiger charge is -2.04. The highest BCUT2D eigenvalue weighted by Crippen LogP contribution is 2.02. The lowest BCUT2D eigenvalue weighted by atomic mass is 10.1. The summed E-state index contributed by atoms with van der Waals surface area (Å²) in [5.41, 5.74) is 2.35. The predicted octanol–water partition coefficient (Wildman–Crippen LogP) is 1.49. The molecular weight excluding hydrogens is 142 g/mol. The molecule has 66 valence electrons. The van der Waals surface area contributed by atoms with Gasteiger partial charge in [-0.2, -0.15) is 0 Å². The van der Waals surface area contributed by atoms with Gasteiger partial charge in [0, 0.05) is 6.42 Å². The summed E-state index contributed by atoms with van der Waals surface area (Å²) in [4.78, 5) is 15.6. The molecule has 0 aliphatic rings. The van der Waals surface area contributed by atoms with Crippen LogP contribution in [0.5, 0.6) is 0 Å². The van der Waals surface area contributed by atoms with Crippen LogP contribution >= 0.6 is 0 Å². The molecule has 0 unspecified atom stereocenters. The molecule has 0 rings (SSSR count). The number of carbonyl (C=O) groups excluding carboxylic acids is 1. The van der Waals surface area contributed by atoms with Crippen molar-refractivity contribution < 1.29 is 9.63 Å². The second-order valence-electron chi connectivity index (χ2n) is 2.89. The zero-order valence-electron chi connectivity index (χ0n) is 7.52. The van der Waals surface area contributed by atoms with Gasteiger partial charge in [0.2, 0.25) is 5.91 Å². The Hall–Kier alpha value is -0.570. The molecule has 3 heteroatoms. The van der Waals surface area contributed by atoms with Crippen LogP contribution in [-0.4, -0.2) is 12.5 Å². The number of hydroxylamine groups is 1. The third-order valence-electron chi connectivity index (χ3n) is 1.28. The van der Waals surface area contributed by atoms with E-state index in [2.05, 4.69) is 19.3 Å². The van der Waals surface area contributed by atoms with Crippen molar-refractivity contribution in [2.45, 2.75) is 33.6 Å². The van der Waals surface area contributed by atoms with Crippen LogP contribution in [0.15, 0.2) is 0 Å². The summed E-state index contributed by atoms with van der Waals surface area (Å²) >= 11 is 0. The van der Waals surface area contributed by atoms with Crippen LogP contribution in [-0.2, 0) is 9.63 Å². The third kappa shape index (κ3) is 7.33. The first-order valence-corrected chi connectivity index (χ1v) is 4.07. The normalized spacial score (nSPS) is 10.2. The van der Waals surface area contributed by atoms with Crippen molar-refractivity contribution in [3.63, 3.8) is 0 Å². The van der Waals surface area contributed by atoms with Gasteiger partial charge in [0.05, 0.1) is 6.61 Å². The maximum Gasteiger partial charge on any atom is 0.243 e. The second-order valence-corrected chi connectivity index (χ2v) is 2.89. The monoisotopic (exact) mass is 159 g/mol. The van der Waals surface area contributed by atoms with Gasteiger partial charge in [0.25, 0.3) is 0 Å². The molecule has 0 atom stereocenters. The maximum absolute atomic E-state index is 10.9. The fourth-order valence-corrected chi connectivity index (χ4v) is 0.623. The second kappa shape index (κ2) is 6.16. The molecule has 0 spiro atoms. The molecular formula is C8H17NO2. The predicted molar refractivity (Wildman–Crippen MR) is 43.8 cm³/mol. The molecule has 0 bridgehead atoms. The van der Waals surface area contributed by atoms with E-state index >= 15 is 0 Å². The molecule has 0 heterocycles. The number of amides is 1. The summed E-state index contributed by atoms with van der Waals surface area (Å²) in [6.07, 6.45) is 1.47. The summed E-state index contributed by atoms with van der Waals surface area (Å²) in [5.74, 6) is 0.544. The Kier molecular flexibility index (Phi) is 5.84. The molecule has 11 heavy (non-hydrogen) atoms. The average Bonchev–Trinajstić information content (AvgIpc) is 1.97. The zero-order chi connectivity index (χ0) is 8.69. The lowest BCUT2D eigenvalue weighted by molar-refractivity contribution is -0.133. The van der Waals surface area contributed by atoms with Crippen LogP contribution in [0.4, 0.5) is 0 Å². The van der Waals surface area contributed by atoms with Crippen molar-refractivity contribution in [1.29, 1.82) is 0 Å². The van der Waals surface area contributed by atoms with Crippen molar-refractivity contribution in [2.75, 3.05) is 6.61 Å². The van der Waals surface area contributed by atoms with Crippen LogP contribution in [0.2, 0.25) is 0 Å². The summed E-state index contributed by atoms with van der Waals surface area (Å²) in [7, 11) is 0. The van der Waals surface area contributed by atoms with Crippen molar-refractivity contribution in [3.05, 3.63) is 0 Å². The summed E-state index contributed by atoms with van der Waals surface area (Å²) < 4.78 is 0. The SMILES string of the molecule is CCONC(=O)CCC(C)C. The average molecular weight is 159 g/mol. The maximum atomic E-state index is 10.9. The van der Waals surface area contributed by atoms with Crippen molar-refractivity contribution >= 4 is 5.91 Å². The molecule has 0 saturated carbocycles. The molecule has 0 aromatic heterocycles. The molecule has 3 nitrogen and oxygen atoms in total. The molecule has 0 aliphatic carbocycles. The summed E-state index contributed by atoms with van der Waals surface area (Å²) in [6, 6.07) is 0. The molecule has 0 saturated heterocycles. The van der Waals surface area contributed by atoms with Gasteiger partial charge in [-0.3, -0.25) is 9.63 Å². The van der Waals surface area contributed by atoms with Crippen LogP contribution in [0.3, 0.4) is 0 Å². The van der Waals surface area contributed by atoms with Gasteiger partial charge < -0.3 is 0 Å². The van der Waals surface area contributed by atoms with Gasteiger partial charge in [0.15, 0.2) is 0 Å². The molecule has 0 fully saturated rings. The Balaban J connectivity index is 3.23. The first-order valence-electron chi connectivity index (χ1n) is 4.07. The van der Waals surface area contributed by atoms with Crippen molar-refractivity contribution in [3.8, 4) is 0 Å². The van der Waals surface area contributed by atoms with Crippen molar-refractivity contribution in [1.82, 2.24) is 5.48 Å². The van der Waals surface area contributed by atoms with Gasteiger partial charge in [-0.25, -0.2) is 5.48 Å². The number of nitrogens with one attached hydrogen (secondary N) is 1. The molecule has 0 aromatic rings. The van der Waals surface area contributed by atoms with E-state index in [1.165, 1.54) is 0 Å². The molecule has 0 aliphatic heterocycles. The van der Waals surface area contributed by atoms with Crippen LogP contribution in [0.1, 0.15) is 33.6 Å². The van der Waals surface area contributed by atoms with E-state index in [0.717, 1.165) is 6.42 Å². The van der Waals surface area contributed by atoms with Crippen LogP contribution < -0.4 is 5.48 Å². The largest absolute Gasteiger partial charge is 0.274 e. The minimum Gasteiger partial charge on any atom is -0.274 e. The fourth-order valence-electron chi connectivity index (χ4n) is 0.623. The number of rotatable bonds is 5. The Labute approximate surface area is 68.1 Å². The van der Waals surface area contributed by atoms with E-state index < -0.39 is 0 Å². The summed E-state index contributed by atoms with van der Waals surface area (Å²) in [6.45, 7) is 6.54. The molecule has 0 radical (unpaired) electrons. The Bertz CT molecular complexity index is 113. The van der Waals surface area contributed by atoms with Gasteiger partial charge in [-0.15, -0.1) is 0 Å². The van der Waals surface area contributed by atoms with Gasteiger partial charge in [0.1, 0.15) is 0 Å². The van der Waals surface area contributed by atoms with E-state index in [9.17, 15) is 4.79 Å². The molecule has 1 N–H and O–H groups in total. The first kappa shape index (κ1) is 10.4. The van der Waals surface area contributed by atoms with Gasteiger partial charge in [-0.1, -0.05) is 13.8 Å². The third-order valence-corrected chi connectivity index (χ3v) is 1.28. The fraction of sp³-hybridized carbons (Fsp3) is 0.875. The quantitative estimate of drug-likeness (QED) is 0.617. The first-order chi connectivity index (χ1) is 5.16. The number of hydrogen-bond acceptors (Lipinski definition) is 2. The standard InChI is InChI=1S/C8H17NO2/c1-4-11-9-8(10)6-5-7(2)3/h7H,4-6H2,1-3H3,(H,9,10).